The molecule has 0 bridgehead atoms. The quantitative estimate of drug-likeness (QED) is 0.670. The normalized spacial score (nSPS) is 18.7. The van der Waals surface area contributed by atoms with Gasteiger partial charge in [-0.25, -0.2) is 9.18 Å². The summed E-state index contributed by atoms with van der Waals surface area (Å²) in [5.74, 6) is -1.36. The molecule has 2 aliphatic heterocycles. The zero-order valence-electron chi connectivity index (χ0n) is 18.5. The van der Waals surface area contributed by atoms with Crippen molar-refractivity contribution in [2.24, 2.45) is 0 Å². The van der Waals surface area contributed by atoms with E-state index in [1.165, 1.54) is 17.0 Å². The van der Waals surface area contributed by atoms with Crippen LogP contribution in [0.15, 0.2) is 54.6 Å². The average Bonchev–Trinajstić information content (AvgIpc) is 2.87. The monoisotopic (exact) mass is 453 g/mol. The fourth-order valence-electron chi connectivity index (χ4n) is 4.37. The number of likely N-dealkylation sites (tertiary alicyclic amines) is 1. The Bertz CT molecular complexity index is 992. The van der Waals surface area contributed by atoms with E-state index in [-0.39, 0.29) is 31.4 Å². The Labute approximate surface area is 192 Å². The molecule has 0 aromatic heterocycles. The highest BCUT2D eigenvalue weighted by molar-refractivity contribution is 6.35. The fourth-order valence-corrected chi connectivity index (χ4v) is 4.37. The van der Waals surface area contributed by atoms with Crippen LogP contribution in [0.1, 0.15) is 29.9 Å². The summed E-state index contributed by atoms with van der Waals surface area (Å²) in [7, 11) is 0. The van der Waals surface area contributed by atoms with Gasteiger partial charge in [0.1, 0.15) is 12.4 Å². The molecule has 2 heterocycles. The number of amides is 3. The van der Waals surface area contributed by atoms with E-state index < -0.39 is 17.9 Å². The third kappa shape index (κ3) is 5.69. The molecule has 1 atom stereocenters. The van der Waals surface area contributed by atoms with E-state index >= 15 is 0 Å². The van der Waals surface area contributed by atoms with Crippen LogP contribution in [0.3, 0.4) is 0 Å². The van der Waals surface area contributed by atoms with Crippen LogP contribution in [0.5, 0.6) is 0 Å². The number of ether oxygens (including phenoxy) is 1. The minimum atomic E-state index is -0.549. The zero-order chi connectivity index (χ0) is 23.2. The summed E-state index contributed by atoms with van der Waals surface area (Å²) in [4.78, 5) is 42.6. The summed E-state index contributed by atoms with van der Waals surface area (Å²) in [6, 6.07) is 15.9. The van der Waals surface area contributed by atoms with Gasteiger partial charge >= 0.3 is 17.9 Å². The Morgan fingerprint density at radius 1 is 0.848 bits per heavy atom. The molecule has 0 aliphatic carbocycles. The molecule has 2 saturated heterocycles. The van der Waals surface area contributed by atoms with E-state index in [2.05, 4.69) is 0 Å². The molecule has 8 heteroatoms. The van der Waals surface area contributed by atoms with Crippen molar-refractivity contribution in [3.8, 4) is 0 Å². The van der Waals surface area contributed by atoms with Crippen LogP contribution in [0.4, 0.5) is 9.18 Å². The molecule has 4 rings (SSSR count). The number of rotatable bonds is 3. The topological polar surface area (TPSA) is 70.2 Å². The molecule has 33 heavy (non-hydrogen) atoms. The SMILES string of the molecule is O=C(OCc1ccccc1)N1CCN(C(=O)C(=O)N2CCCC(c3cccc(F)c3)C2)CC1. The largest absolute Gasteiger partial charge is 0.445 e. The molecule has 3 amide bonds. The molecule has 0 N–H and O–H groups in total. The highest BCUT2D eigenvalue weighted by Crippen LogP contribution is 2.27. The Balaban J connectivity index is 1.26. The van der Waals surface area contributed by atoms with Crippen LogP contribution in [0, 0.1) is 5.82 Å². The van der Waals surface area contributed by atoms with E-state index in [0.29, 0.717) is 26.2 Å². The second-order valence-corrected chi connectivity index (χ2v) is 8.46. The minimum Gasteiger partial charge on any atom is -0.445 e. The van der Waals surface area contributed by atoms with Gasteiger partial charge in [-0.3, -0.25) is 9.59 Å². The van der Waals surface area contributed by atoms with Crippen molar-refractivity contribution in [1.82, 2.24) is 14.7 Å². The predicted octanol–water partition coefficient (Wildman–Crippen LogP) is 3.01. The third-order valence-corrected chi connectivity index (χ3v) is 6.24. The first-order chi connectivity index (χ1) is 16.0. The van der Waals surface area contributed by atoms with Crippen molar-refractivity contribution >= 4 is 17.9 Å². The van der Waals surface area contributed by atoms with Gasteiger partial charge in [0.25, 0.3) is 0 Å². The van der Waals surface area contributed by atoms with E-state index in [1.54, 1.807) is 15.9 Å². The number of carbonyl (C=O) groups is 3. The summed E-state index contributed by atoms with van der Waals surface area (Å²) in [5, 5.41) is 0. The first-order valence-electron chi connectivity index (χ1n) is 11.3. The smallest absolute Gasteiger partial charge is 0.410 e. The van der Waals surface area contributed by atoms with Crippen molar-refractivity contribution in [3.05, 3.63) is 71.5 Å². The van der Waals surface area contributed by atoms with Crippen LogP contribution in [0.25, 0.3) is 0 Å². The lowest BCUT2D eigenvalue weighted by Gasteiger charge is -2.36. The Morgan fingerprint density at radius 3 is 2.27 bits per heavy atom. The van der Waals surface area contributed by atoms with Gasteiger partial charge < -0.3 is 19.4 Å². The maximum absolute atomic E-state index is 13.6. The van der Waals surface area contributed by atoms with Crippen LogP contribution in [0.2, 0.25) is 0 Å². The van der Waals surface area contributed by atoms with E-state index in [4.69, 9.17) is 4.74 Å². The molecule has 2 aliphatic rings. The van der Waals surface area contributed by atoms with E-state index in [0.717, 1.165) is 24.0 Å². The van der Waals surface area contributed by atoms with Gasteiger partial charge in [-0.15, -0.1) is 0 Å². The predicted molar refractivity (Wildman–Crippen MR) is 120 cm³/mol. The highest BCUT2D eigenvalue weighted by atomic mass is 19.1. The van der Waals surface area contributed by atoms with Crippen molar-refractivity contribution < 1.29 is 23.5 Å². The summed E-state index contributed by atoms with van der Waals surface area (Å²) in [6.45, 7) is 2.32. The molecule has 2 aromatic carbocycles. The van der Waals surface area contributed by atoms with Crippen molar-refractivity contribution in [3.63, 3.8) is 0 Å². The van der Waals surface area contributed by atoms with Gasteiger partial charge in [-0.1, -0.05) is 42.5 Å². The highest BCUT2D eigenvalue weighted by Gasteiger charge is 2.33. The first kappa shape index (κ1) is 22.8. The first-order valence-corrected chi connectivity index (χ1v) is 11.3. The molecule has 174 valence electrons. The van der Waals surface area contributed by atoms with Gasteiger partial charge in [0, 0.05) is 45.2 Å². The number of piperidine rings is 1. The molecule has 0 saturated carbocycles. The Morgan fingerprint density at radius 2 is 1.55 bits per heavy atom. The lowest BCUT2D eigenvalue weighted by molar-refractivity contribution is -0.153. The number of piperazine rings is 1. The number of nitrogens with zero attached hydrogens (tertiary/aromatic N) is 3. The summed E-state index contributed by atoms with van der Waals surface area (Å²) < 4.78 is 18.9. The molecular formula is C25H28FN3O4. The molecule has 0 radical (unpaired) electrons. The number of hydrogen-bond acceptors (Lipinski definition) is 4. The molecule has 1 unspecified atom stereocenters. The maximum atomic E-state index is 13.6. The number of halogens is 1. The molecule has 0 spiro atoms. The summed E-state index contributed by atoms with van der Waals surface area (Å²) in [6.07, 6.45) is 1.19. The Kier molecular flexibility index (Phi) is 7.22. The van der Waals surface area contributed by atoms with Gasteiger partial charge in [0.15, 0.2) is 0 Å². The number of hydrogen-bond donors (Lipinski definition) is 0. The molecular weight excluding hydrogens is 425 g/mol. The van der Waals surface area contributed by atoms with Gasteiger partial charge in [0.2, 0.25) is 0 Å². The molecule has 2 aromatic rings. The average molecular weight is 454 g/mol. The van der Waals surface area contributed by atoms with Crippen molar-refractivity contribution in [2.75, 3.05) is 39.3 Å². The maximum Gasteiger partial charge on any atom is 0.410 e. The molecule has 2 fully saturated rings. The molecule has 7 nitrogen and oxygen atoms in total. The van der Waals surface area contributed by atoms with Gasteiger partial charge in [-0.2, -0.15) is 0 Å². The zero-order valence-corrected chi connectivity index (χ0v) is 18.5. The number of benzene rings is 2. The standard InChI is InChI=1S/C25H28FN3O4/c26-22-10-4-8-20(16-22)21-9-5-11-29(17-21)24(31)23(30)27-12-14-28(15-13-27)25(32)33-18-19-6-2-1-3-7-19/h1-4,6-8,10,16,21H,5,9,11-15,17-18H2. The minimum absolute atomic E-state index is 0.0161. The lowest BCUT2D eigenvalue weighted by Crippen LogP contribution is -2.55. The fraction of sp³-hybridized carbons (Fsp3) is 0.400. The summed E-state index contributed by atoms with van der Waals surface area (Å²) in [5.41, 5.74) is 1.76. The summed E-state index contributed by atoms with van der Waals surface area (Å²) >= 11 is 0. The van der Waals surface area contributed by atoms with Gasteiger partial charge in [0.05, 0.1) is 0 Å². The van der Waals surface area contributed by atoms with Crippen molar-refractivity contribution in [1.29, 1.82) is 0 Å². The van der Waals surface area contributed by atoms with Crippen molar-refractivity contribution in [2.45, 2.75) is 25.4 Å². The van der Waals surface area contributed by atoms with Crippen LogP contribution in [-0.4, -0.2) is 71.9 Å². The van der Waals surface area contributed by atoms with Gasteiger partial charge in [-0.05, 0) is 36.1 Å². The second kappa shape index (κ2) is 10.5. The van der Waals surface area contributed by atoms with Crippen LogP contribution >= 0.6 is 0 Å². The third-order valence-electron chi connectivity index (χ3n) is 6.24. The lowest BCUT2D eigenvalue weighted by atomic mass is 9.90. The Hall–Kier alpha value is -3.42. The van der Waals surface area contributed by atoms with E-state index in [1.807, 2.05) is 36.4 Å². The number of carbonyl (C=O) groups excluding carboxylic acids is 3. The second-order valence-electron chi connectivity index (χ2n) is 8.46. The van der Waals surface area contributed by atoms with Crippen LogP contribution < -0.4 is 0 Å². The van der Waals surface area contributed by atoms with Crippen LogP contribution in [-0.2, 0) is 20.9 Å². The van der Waals surface area contributed by atoms with E-state index in [9.17, 15) is 18.8 Å².